The van der Waals surface area contributed by atoms with Gasteiger partial charge in [-0.15, -0.1) is 11.8 Å². The van der Waals surface area contributed by atoms with Crippen molar-refractivity contribution in [2.24, 2.45) is 0 Å². The summed E-state index contributed by atoms with van der Waals surface area (Å²) in [6, 6.07) is 8.73. The van der Waals surface area contributed by atoms with Crippen LogP contribution < -0.4 is 15.5 Å². The highest BCUT2D eigenvalue weighted by molar-refractivity contribution is 7.99. The molecule has 1 aliphatic heterocycles. The van der Waals surface area contributed by atoms with Crippen LogP contribution in [0.3, 0.4) is 0 Å². The predicted molar refractivity (Wildman–Crippen MR) is 121 cm³/mol. The lowest BCUT2D eigenvalue weighted by Gasteiger charge is -2.30. The highest BCUT2D eigenvalue weighted by atomic mass is 32.2. The van der Waals surface area contributed by atoms with Gasteiger partial charge >= 0.3 is 6.03 Å². The van der Waals surface area contributed by atoms with Crippen molar-refractivity contribution in [2.75, 3.05) is 42.3 Å². The van der Waals surface area contributed by atoms with Crippen LogP contribution in [-0.4, -0.2) is 49.0 Å². The first-order valence-electron chi connectivity index (χ1n) is 10.1. The number of aromatic nitrogens is 1. The summed E-state index contributed by atoms with van der Waals surface area (Å²) < 4.78 is 5.27. The second-order valence-electron chi connectivity index (χ2n) is 7.05. The molecule has 2 aromatic rings. The molecule has 0 radical (unpaired) electrons. The number of carbonyl (C=O) groups excluding carboxylic acids is 2. The van der Waals surface area contributed by atoms with Gasteiger partial charge in [-0.1, -0.05) is 6.07 Å². The maximum Gasteiger partial charge on any atom is 0.326 e. The first-order valence-corrected chi connectivity index (χ1v) is 11.1. The minimum atomic E-state index is -0.223. The van der Waals surface area contributed by atoms with Gasteiger partial charge in [0, 0.05) is 49.0 Å². The number of ether oxygens (including phenoxy) is 1. The molecule has 1 aliphatic rings. The van der Waals surface area contributed by atoms with Crippen molar-refractivity contribution in [1.82, 2.24) is 10.3 Å². The molecule has 1 aromatic carbocycles. The number of pyridine rings is 1. The van der Waals surface area contributed by atoms with Crippen molar-refractivity contribution in [2.45, 2.75) is 32.2 Å². The van der Waals surface area contributed by atoms with Gasteiger partial charge in [0.1, 0.15) is 5.03 Å². The Morgan fingerprint density at radius 2 is 2.10 bits per heavy atom. The van der Waals surface area contributed by atoms with E-state index < -0.39 is 0 Å². The molecule has 8 heteroatoms. The SMILES string of the molecule is CCOCCCNC(=O)c1cccc(NC(=O)N2CCSc3nc(C)cc(C)c32)c1. The lowest BCUT2D eigenvalue weighted by atomic mass is 10.2. The van der Waals surface area contributed by atoms with Crippen molar-refractivity contribution >= 4 is 35.1 Å². The zero-order valence-corrected chi connectivity index (χ0v) is 18.5. The van der Waals surface area contributed by atoms with Gasteiger partial charge < -0.3 is 15.4 Å². The molecule has 0 fully saturated rings. The number of carbonyl (C=O) groups is 2. The molecule has 2 heterocycles. The Hall–Kier alpha value is -2.58. The highest BCUT2D eigenvalue weighted by Crippen LogP contribution is 2.36. The Kier molecular flexibility index (Phi) is 7.70. The van der Waals surface area contributed by atoms with Crippen molar-refractivity contribution in [1.29, 1.82) is 0 Å². The van der Waals surface area contributed by atoms with Crippen LogP contribution in [0.4, 0.5) is 16.2 Å². The Morgan fingerprint density at radius 1 is 1.27 bits per heavy atom. The van der Waals surface area contributed by atoms with E-state index in [1.165, 1.54) is 0 Å². The van der Waals surface area contributed by atoms with Crippen LogP contribution in [0.25, 0.3) is 0 Å². The number of urea groups is 1. The molecule has 0 spiro atoms. The van der Waals surface area contributed by atoms with E-state index in [4.69, 9.17) is 4.74 Å². The third-order valence-electron chi connectivity index (χ3n) is 4.68. The summed E-state index contributed by atoms with van der Waals surface area (Å²) in [5.41, 5.74) is 3.92. The second-order valence-corrected chi connectivity index (χ2v) is 8.14. The summed E-state index contributed by atoms with van der Waals surface area (Å²) >= 11 is 1.67. The monoisotopic (exact) mass is 428 g/mol. The summed E-state index contributed by atoms with van der Waals surface area (Å²) in [6.07, 6.45) is 0.759. The Morgan fingerprint density at radius 3 is 2.90 bits per heavy atom. The number of thioether (sulfide) groups is 1. The quantitative estimate of drug-likeness (QED) is 0.652. The molecule has 1 aromatic heterocycles. The van der Waals surface area contributed by atoms with Gasteiger partial charge in [-0.3, -0.25) is 9.69 Å². The maximum absolute atomic E-state index is 13.0. The number of rotatable bonds is 7. The summed E-state index contributed by atoms with van der Waals surface area (Å²) in [6.45, 7) is 8.34. The van der Waals surface area contributed by atoms with Gasteiger partial charge in [-0.25, -0.2) is 9.78 Å². The number of fused-ring (bicyclic) bond motifs is 1. The molecule has 160 valence electrons. The fraction of sp³-hybridized carbons (Fsp3) is 0.409. The second kappa shape index (κ2) is 10.4. The van der Waals surface area contributed by atoms with E-state index in [1.807, 2.05) is 26.8 Å². The molecule has 2 N–H and O–H groups in total. The summed E-state index contributed by atoms with van der Waals surface area (Å²) in [5.74, 6) is 0.623. The van der Waals surface area contributed by atoms with E-state index in [9.17, 15) is 9.59 Å². The number of benzene rings is 1. The number of anilines is 2. The average molecular weight is 429 g/mol. The van der Waals surface area contributed by atoms with Gasteiger partial charge in [0.25, 0.3) is 5.91 Å². The number of hydrogen-bond donors (Lipinski definition) is 2. The fourth-order valence-electron chi connectivity index (χ4n) is 3.32. The highest BCUT2D eigenvalue weighted by Gasteiger charge is 2.26. The van der Waals surface area contributed by atoms with Crippen LogP contribution in [-0.2, 0) is 4.74 Å². The zero-order chi connectivity index (χ0) is 21.5. The molecule has 3 rings (SSSR count). The van der Waals surface area contributed by atoms with Crippen LogP contribution in [0, 0.1) is 13.8 Å². The van der Waals surface area contributed by atoms with Crippen molar-refractivity contribution in [3.05, 3.63) is 47.2 Å². The molecule has 0 unspecified atom stereocenters. The Bertz CT molecular complexity index is 919. The number of nitrogens with zero attached hydrogens (tertiary/aromatic N) is 2. The molecule has 7 nitrogen and oxygen atoms in total. The number of nitrogens with one attached hydrogen (secondary N) is 2. The van der Waals surface area contributed by atoms with E-state index in [0.29, 0.717) is 37.6 Å². The van der Waals surface area contributed by atoms with E-state index >= 15 is 0 Å². The smallest absolute Gasteiger partial charge is 0.326 e. The first-order chi connectivity index (χ1) is 14.5. The molecule has 0 bridgehead atoms. The lowest BCUT2D eigenvalue weighted by molar-refractivity contribution is 0.0944. The van der Waals surface area contributed by atoms with Gasteiger partial charge in [-0.2, -0.15) is 0 Å². The largest absolute Gasteiger partial charge is 0.382 e. The van der Waals surface area contributed by atoms with E-state index in [-0.39, 0.29) is 11.9 Å². The molecule has 30 heavy (non-hydrogen) atoms. The minimum Gasteiger partial charge on any atom is -0.382 e. The van der Waals surface area contributed by atoms with Crippen LogP contribution in [0.15, 0.2) is 35.4 Å². The van der Waals surface area contributed by atoms with Gasteiger partial charge in [0.05, 0.1) is 5.69 Å². The zero-order valence-electron chi connectivity index (χ0n) is 17.7. The number of hydrogen-bond acceptors (Lipinski definition) is 5. The van der Waals surface area contributed by atoms with Crippen LogP contribution in [0.1, 0.15) is 35.0 Å². The molecular weight excluding hydrogens is 400 g/mol. The third kappa shape index (κ3) is 5.52. The molecule has 0 saturated carbocycles. The van der Waals surface area contributed by atoms with Crippen LogP contribution in [0.2, 0.25) is 0 Å². The van der Waals surface area contributed by atoms with Crippen molar-refractivity contribution in [3.63, 3.8) is 0 Å². The lowest BCUT2D eigenvalue weighted by Crippen LogP contribution is -2.39. The van der Waals surface area contributed by atoms with E-state index in [0.717, 1.165) is 34.1 Å². The third-order valence-corrected chi connectivity index (χ3v) is 5.62. The topological polar surface area (TPSA) is 83.6 Å². The predicted octanol–water partition coefficient (Wildman–Crippen LogP) is 4.00. The van der Waals surface area contributed by atoms with Gasteiger partial charge in [0.2, 0.25) is 0 Å². The number of amides is 3. The van der Waals surface area contributed by atoms with E-state index in [2.05, 4.69) is 15.6 Å². The Labute approximate surface area is 181 Å². The van der Waals surface area contributed by atoms with Crippen molar-refractivity contribution in [3.8, 4) is 0 Å². The molecule has 0 atom stereocenters. The number of aryl methyl sites for hydroxylation is 2. The molecule has 0 aliphatic carbocycles. The standard InChI is InChI=1S/C22H28N4O3S/c1-4-29-11-6-9-23-20(27)17-7-5-8-18(14-17)25-22(28)26-10-12-30-21-19(26)15(2)13-16(3)24-21/h5,7-8,13-14H,4,6,9-12H2,1-3H3,(H,23,27)(H,25,28). The van der Waals surface area contributed by atoms with Gasteiger partial charge in [-0.05, 0) is 57.0 Å². The molecular formula is C22H28N4O3S. The minimum absolute atomic E-state index is 0.169. The average Bonchev–Trinajstić information content (AvgIpc) is 2.73. The first kappa shape index (κ1) is 22.1. The summed E-state index contributed by atoms with van der Waals surface area (Å²) in [5, 5.41) is 6.68. The summed E-state index contributed by atoms with van der Waals surface area (Å²) in [7, 11) is 0. The normalized spacial score (nSPS) is 13.0. The fourth-order valence-corrected chi connectivity index (χ4v) is 4.41. The van der Waals surface area contributed by atoms with E-state index in [1.54, 1.807) is 40.9 Å². The molecule has 0 saturated heterocycles. The van der Waals surface area contributed by atoms with Crippen LogP contribution in [0.5, 0.6) is 0 Å². The van der Waals surface area contributed by atoms with Crippen molar-refractivity contribution < 1.29 is 14.3 Å². The molecule has 3 amide bonds. The summed E-state index contributed by atoms with van der Waals surface area (Å²) in [4.78, 5) is 31.7. The Balaban J connectivity index is 1.66. The van der Waals surface area contributed by atoms with Gasteiger partial charge in [0.15, 0.2) is 0 Å². The van der Waals surface area contributed by atoms with Crippen LogP contribution >= 0.6 is 11.8 Å². The maximum atomic E-state index is 13.0.